The number of fused-ring (bicyclic) bond motifs is 1. The van der Waals surface area contributed by atoms with Crippen LogP contribution in [0.25, 0.3) is 0 Å². The van der Waals surface area contributed by atoms with E-state index in [1.54, 1.807) is 0 Å². The summed E-state index contributed by atoms with van der Waals surface area (Å²) in [5.41, 5.74) is 0. The second kappa shape index (κ2) is 6.82. The lowest BCUT2D eigenvalue weighted by Crippen LogP contribution is -2.37. The maximum Gasteiger partial charge on any atom is 0.225 e. The van der Waals surface area contributed by atoms with Crippen LogP contribution >= 0.6 is 0 Å². The Morgan fingerprint density at radius 2 is 1.83 bits per heavy atom. The average Bonchev–Trinajstić information content (AvgIpc) is 3.21. The number of hydrogen-bond acceptors (Lipinski definition) is 4. The van der Waals surface area contributed by atoms with Crippen molar-refractivity contribution < 1.29 is 4.79 Å². The number of carbonyl (C=O) groups excluding carboxylic acids is 1. The minimum absolute atomic E-state index is 0.278. The molecule has 0 unspecified atom stereocenters. The molecule has 0 bridgehead atoms. The molecule has 3 aliphatic rings. The van der Waals surface area contributed by atoms with Gasteiger partial charge in [0.2, 0.25) is 5.91 Å². The number of rotatable bonds is 2. The van der Waals surface area contributed by atoms with Crippen molar-refractivity contribution in [3.63, 3.8) is 0 Å². The summed E-state index contributed by atoms with van der Waals surface area (Å²) in [4.78, 5) is 17.2. The van der Waals surface area contributed by atoms with E-state index in [-0.39, 0.29) is 5.92 Å². The SMILES string of the molecule is CN1CCC[C@H](c2nnc3n2CCN(C(=O)C2CCCC2)CC3)C1. The number of aromatic nitrogens is 3. The molecule has 2 fully saturated rings. The highest BCUT2D eigenvalue weighted by atomic mass is 16.2. The fourth-order valence-electron chi connectivity index (χ4n) is 4.68. The zero-order valence-electron chi connectivity index (χ0n) is 14.8. The highest BCUT2D eigenvalue weighted by molar-refractivity contribution is 5.79. The van der Waals surface area contributed by atoms with E-state index < -0.39 is 0 Å². The van der Waals surface area contributed by atoms with Crippen LogP contribution in [-0.2, 0) is 17.8 Å². The predicted molar refractivity (Wildman–Crippen MR) is 91.7 cm³/mol. The van der Waals surface area contributed by atoms with E-state index in [1.165, 1.54) is 32.2 Å². The fraction of sp³-hybridized carbons (Fsp3) is 0.833. The van der Waals surface area contributed by atoms with Gasteiger partial charge in [0.05, 0.1) is 0 Å². The molecular weight excluding hydrogens is 302 g/mol. The van der Waals surface area contributed by atoms with E-state index in [4.69, 9.17) is 0 Å². The summed E-state index contributed by atoms with van der Waals surface area (Å²) >= 11 is 0. The van der Waals surface area contributed by atoms with Gasteiger partial charge in [-0.15, -0.1) is 10.2 Å². The van der Waals surface area contributed by atoms with Crippen molar-refractivity contribution in [3.05, 3.63) is 11.6 Å². The lowest BCUT2D eigenvalue weighted by Gasteiger charge is -2.29. The van der Waals surface area contributed by atoms with Crippen molar-refractivity contribution in [2.24, 2.45) is 5.92 Å². The Morgan fingerprint density at radius 1 is 1.00 bits per heavy atom. The third-order valence-electron chi connectivity index (χ3n) is 6.06. The number of amides is 1. The number of carbonyl (C=O) groups is 1. The minimum Gasteiger partial charge on any atom is -0.340 e. The Morgan fingerprint density at radius 3 is 2.62 bits per heavy atom. The van der Waals surface area contributed by atoms with E-state index in [0.717, 1.165) is 57.1 Å². The van der Waals surface area contributed by atoms with Crippen molar-refractivity contribution >= 4 is 5.91 Å². The van der Waals surface area contributed by atoms with Gasteiger partial charge in [-0.1, -0.05) is 12.8 Å². The Bertz CT molecular complexity index is 592. The molecule has 1 atom stereocenters. The van der Waals surface area contributed by atoms with Crippen LogP contribution in [0.2, 0.25) is 0 Å². The molecular formula is C18H29N5O. The number of nitrogens with zero attached hydrogens (tertiary/aromatic N) is 5. The number of hydrogen-bond donors (Lipinski definition) is 0. The minimum atomic E-state index is 0.278. The summed E-state index contributed by atoms with van der Waals surface area (Å²) in [7, 11) is 2.19. The maximum absolute atomic E-state index is 12.7. The topological polar surface area (TPSA) is 54.3 Å². The molecule has 4 rings (SSSR count). The molecule has 1 aromatic rings. The Labute approximate surface area is 144 Å². The molecule has 1 aromatic heterocycles. The second-order valence-electron chi connectivity index (χ2n) is 7.78. The van der Waals surface area contributed by atoms with E-state index in [9.17, 15) is 4.79 Å². The van der Waals surface area contributed by atoms with Gasteiger partial charge in [0.15, 0.2) is 0 Å². The summed E-state index contributed by atoms with van der Waals surface area (Å²) in [5.74, 6) is 3.36. The van der Waals surface area contributed by atoms with E-state index >= 15 is 0 Å². The average molecular weight is 331 g/mol. The van der Waals surface area contributed by atoms with Gasteiger partial charge in [-0.05, 0) is 39.3 Å². The van der Waals surface area contributed by atoms with Crippen LogP contribution in [0.3, 0.4) is 0 Å². The zero-order chi connectivity index (χ0) is 16.5. The molecule has 2 aliphatic heterocycles. The monoisotopic (exact) mass is 331 g/mol. The third-order valence-corrected chi connectivity index (χ3v) is 6.06. The van der Waals surface area contributed by atoms with Crippen LogP contribution in [0.4, 0.5) is 0 Å². The predicted octanol–water partition coefficient (Wildman–Crippen LogP) is 1.66. The highest BCUT2D eigenvalue weighted by Gasteiger charge is 2.31. The first-order valence-electron chi connectivity index (χ1n) is 9.61. The first kappa shape index (κ1) is 16.1. The number of likely N-dealkylation sites (tertiary alicyclic amines) is 1. The van der Waals surface area contributed by atoms with Crippen LogP contribution < -0.4 is 0 Å². The molecule has 24 heavy (non-hydrogen) atoms. The summed E-state index contributed by atoms with van der Waals surface area (Å²) < 4.78 is 2.31. The van der Waals surface area contributed by atoms with Crippen molar-refractivity contribution in [3.8, 4) is 0 Å². The molecule has 132 valence electrons. The van der Waals surface area contributed by atoms with Crippen molar-refractivity contribution in [2.45, 2.75) is 57.4 Å². The van der Waals surface area contributed by atoms with Crippen LogP contribution in [0, 0.1) is 5.92 Å². The molecule has 0 aromatic carbocycles. The van der Waals surface area contributed by atoms with Crippen molar-refractivity contribution in [1.29, 1.82) is 0 Å². The van der Waals surface area contributed by atoms with Crippen LogP contribution in [0.1, 0.15) is 56.1 Å². The lowest BCUT2D eigenvalue weighted by atomic mass is 9.97. The molecule has 1 aliphatic carbocycles. The number of piperidine rings is 1. The summed E-state index contributed by atoms with van der Waals surface area (Å²) in [5, 5.41) is 8.99. The quantitative estimate of drug-likeness (QED) is 0.827. The fourth-order valence-corrected chi connectivity index (χ4v) is 4.68. The van der Waals surface area contributed by atoms with Crippen molar-refractivity contribution in [1.82, 2.24) is 24.6 Å². The van der Waals surface area contributed by atoms with E-state index in [1.807, 2.05) is 0 Å². The van der Waals surface area contributed by atoms with Gasteiger partial charge < -0.3 is 14.4 Å². The zero-order valence-corrected chi connectivity index (χ0v) is 14.8. The van der Waals surface area contributed by atoms with Gasteiger partial charge in [0.25, 0.3) is 0 Å². The first-order valence-corrected chi connectivity index (χ1v) is 9.61. The first-order chi connectivity index (χ1) is 11.7. The van der Waals surface area contributed by atoms with Gasteiger partial charge in [-0.3, -0.25) is 4.79 Å². The smallest absolute Gasteiger partial charge is 0.225 e. The third kappa shape index (κ3) is 3.08. The molecule has 6 heteroatoms. The Kier molecular flexibility index (Phi) is 4.57. The molecule has 0 spiro atoms. The van der Waals surface area contributed by atoms with Gasteiger partial charge >= 0.3 is 0 Å². The van der Waals surface area contributed by atoms with E-state index in [0.29, 0.717) is 11.8 Å². The van der Waals surface area contributed by atoms with Gasteiger partial charge in [-0.2, -0.15) is 0 Å². The summed E-state index contributed by atoms with van der Waals surface area (Å²) in [6.07, 6.45) is 7.88. The largest absolute Gasteiger partial charge is 0.340 e. The molecule has 1 amide bonds. The molecule has 6 nitrogen and oxygen atoms in total. The van der Waals surface area contributed by atoms with Gasteiger partial charge in [0, 0.05) is 44.4 Å². The van der Waals surface area contributed by atoms with Crippen LogP contribution in [-0.4, -0.2) is 63.7 Å². The van der Waals surface area contributed by atoms with E-state index in [2.05, 4.69) is 31.6 Å². The van der Waals surface area contributed by atoms with Gasteiger partial charge in [0.1, 0.15) is 11.6 Å². The maximum atomic E-state index is 12.7. The number of likely N-dealkylation sites (N-methyl/N-ethyl adjacent to an activating group) is 1. The van der Waals surface area contributed by atoms with Gasteiger partial charge in [-0.25, -0.2) is 0 Å². The lowest BCUT2D eigenvalue weighted by molar-refractivity contribution is -0.135. The molecule has 1 saturated heterocycles. The van der Waals surface area contributed by atoms with Crippen LogP contribution in [0.5, 0.6) is 0 Å². The molecule has 1 saturated carbocycles. The van der Waals surface area contributed by atoms with Crippen molar-refractivity contribution in [2.75, 3.05) is 33.2 Å². The molecule has 0 N–H and O–H groups in total. The Hall–Kier alpha value is -1.43. The molecule has 0 radical (unpaired) electrons. The highest BCUT2D eigenvalue weighted by Crippen LogP contribution is 2.28. The molecule has 3 heterocycles. The normalized spacial score (nSPS) is 26.4. The second-order valence-corrected chi connectivity index (χ2v) is 7.78. The summed E-state index contributed by atoms with van der Waals surface area (Å²) in [6, 6.07) is 0. The standard InChI is InChI=1S/C18H29N5O/c1-21-9-4-7-15(13-21)17-20-19-16-8-10-22(11-12-23(16)17)18(24)14-5-2-3-6-14/h14-15H,2-13H2,1H3/t15-/m0/s1. The summed E-state index contributed by atoms with van der Waals surface area (Å²) in [6.45, 7) is 4.73. The van der Waals surface area contributed by atoms with Crippen LogP contribution in [0.15, 0.2) is 0 Å². The Balaban J connectivity index is 1.46.